The Morgan fingerprint density at radius 3 is 2.74 bits per heavy atom. The number of pyridine rings is 1. The maximum Gasteiger partial charge on any atom is 0.256 e. The molecule has 1 amide bonds. The Morgan fingerprint density at radius 2 is 2.13 bits per heavy atom. The van der Waals surface area contributed by atoms with Gasteiger partial charge in [0.2, 0.25) is 0 Å². The number of hydrogen-bond donors (Lipinski definition) is 2. The fourth-order valence-corrected chi connectivity index (χ4v) is 1.93. The molecular weight excluding hydrogens is 292 g/mol. The maximum absolute atomic E-state index is 12.3. The van der Waals surface area contributed by atoms with Gasteiger partial charge < -0.3 is 15.2 Å². The number of aliphatic hydroxyl groups is 1. The number of carbonyl (C=O) groups excluding carboxylic acids is 1. The smallest absolute Gasteiger partial charge is 0.256 e. The Balaban J connectivity index is 2.12. The standard InChI is InChI=1S/C18H22N2O3/c1-4-18(3,12-21)23-15-7-5-6-14(10-15)17(22)20-16-9-8-13(2)11-19-16/h5-11,21H,4,12H2,1-3H3,(H,19,20,22). The van der Waals surface area contributed by atoms with Gasteiger partial charge >= 0.3 is 0 Å². The van der Waals surface area contributed by atoms with Crippen molar-refractivity contribution in [3.05, 3.63) is 53.7 Å². The van der Waals surface area contributed by atoms with E-state index in [2.05, 4.69) is 10.3 Å². The topological polar surface area (TPSA) is 71.5 Å². The average Bonchev–Trinajstić information content (AvgIpc) is 2.57. The van der Waals surface area contributed by atoms with E-state index in [0.29, 0.717) is 23.6 Å². The van der Waals surface area contributed by atoms with Gasteiger partial charge in [0.05, 0.1) is 6.61 Å². The van der Waals surface area contributed by atoms with Gasteiger partial charge in [-0.05, 0) is 50.1 Å². The van der Waals surface area contributed by atoms with E-state index in [1.54, 1.807) is 36.5 Å². The lowest BCUT2D eigenvalue weighted by Gasteiger charge is -2.27. The molecule has 5 nitrogen and oxygen atoms in total. The van der Waals surface area contributed by atoms with Gasteiger partial charge in [0.1, 0.15) is 17.2 Å². The van der Waals surface area contributed by atoms with Crippen molar-refractivity contribution in [3.63, 3.8) is 0 Å². The van der Waals surface area contributed by atoms with Crippen LogP contribution in [0, 0.1) is 6.92 Å². The van der Waals surface area contributed by atoms with Crippen molar-refractivity contribution >= 4 is 11.7 Å². The molecule has 0 aliphatic rings. The summed E-state index contributed by atoms with van der Waals surface area (Å²) < 4.78 is 5.81. The predicted octanol–water partition coefficient (Wildman–Crippen LogP) is 3.18. The Morgan fingerprint density at radius 1 is 1.35 bits per heavy atom. The highest BCUT2D eigenvalue weighted by molar-refractivity contribution is 6.03. The molecule has 23 heavy (non-hydrogen) atoms. The van der Waals surface area contributed by atoms with Crippen LogP contribution in [0.25, 0.3) is 0 Å². The summed E-state index contributed by atoms with van der Waals surface area (Å²) in [6.07, 6.45) is 2.36. The van der Waals surface area contributed by atoms with E-state index in [9.17, 15) is 9.90 Å². The Labute approximate surface area is 136 Å². The number of rotatable bonds is 6. The van der Waals surface area contributed by atoms with Gasteiger partial charge in [0.25, 0.3) is 5.91 Å². The van der Waals surface area contributed by atoms with Crippen LogP contribution >= 0.6 is 0 Å². The molecule has 0 aliphatic carbocycles. The second-order valence-electron chi connectivity index (χ2n) is 5.77. The van der Waals surface area contributed by atoms with Crippen molar-refractivity contribution < 1.29 is 14.6 Å². The molecule has 0 radical (unpaired) electrons. The number of ether oxygens (including phenoxy) is 1. The number of hydrogen-bond acceptors (Lipinski definition) is 4. The Bertz CT molecular complexity index is 664. The van der Waals surface area contributed by atoms with Crippen molar-refractivity contribution in [1.82, 2.24) is 4.98 Å². The van der Waals surface area contributed by atoms with Crippen LogP contribution in [0.3, 0.4) is 0 Å². The molecule has 1 unspecified atom stereocenters. The normalized spacial score (nSPS) is 13.2. The lowest BCUT2D eigenvalue weighted by molar-refractivity contribution is 0.0219. The summed E-state index contributed by atoms with van der Waals surface area (Å²) in [5, 5.41) is 12.2. The fraction of sp³-hybridized carbons (Fsp3) is 0.333. The molecule has 2 aromatic rings. The number of amides is 1. The van der Waals surface area contributed by atoms with Crippen molar-refractivity contribution in [2.24, 2.45) is 0 Å². The number of aryl methyl sites for hydroxylation is 1. The predicted molar refractivity (Wildman–Crippen MR) is 89.8 cm³/mol. The van der Waals surface area contributed by atoms with Crippen LogP contribution in [0.4, 0.5) is 5.82 Å². The van der Waals surface area contributed by atoms with Gasteiger partial charge in [-0.15, -0.1) is 0 Å². The van der Waals surface area contributed by atoms with Crippen LogP contribution in [0.15, 0.2) is 42.6 Å². The lowest BCUT2D eigenvalue weighted by Crippen LogP contribution is -2.35. The Kier molecular flexibility index (Phi) is 5.34. The SMILES string of the molecule is CCC(C)(CO)Oc1cccc(C(=O)Nc2ccc(C)cn2)c1. The van der Waals surface area contributed by atoms with Gasteiger partial charge in [-0.25, -0.2) is 4.98 Å². The van der Waals surface area contributed by atoms with E-state index in [4.69, 9.17) is 4.74 Å². The first-order valence-electron chi connectivity index (χ1n) is 7.60. The Hall–Kier alpha value is -2.40. The first kappa shape index (κ1) is 17.0. The molecule has 1 aromatic carbocycles. The van der Waals surface area contributed by atoms with Gasteiger partial charge in [-0.1, -0.05) is 19.1 Å². The monoisotopic (exact) mass is 314 g/mol. The van der Waals surface area contributed by atoms with Crippen LogP contribution in [0.5, 0.6) is 5.75 Å². The summed E-state index contributed by atoms with van der Waals surface area (Å²) in [6, 6.07) is 10.5. The van der Waals surface area contributed by atoms with Gasteiger partial charge in [-0.2, -0.15) is 0 Å². The van der Waals surface area contributed by atoms with Gasteiger partial charge in [0.15, 0.2) is 0 Å². The summed E-state index contributed by atoms with van der Waals surface area (Å²) in [5.41, 5.74) is 0.843. The minimum Gasteiger partial charge on any atom is -0.485 e. The van der Waals surface area contributed by atoms with Crippen LogP contribution < -0.4 is 10.1 Å². The fourth-order valence-electron chi connectivity index (χ4n) is 1.93. The largest absolute Gasteiger partial charge is 0.485 e. The van der Waals surface area contributed by atoms with Crippen molar-refractivity contribution in [2.45, 2.75) is 32.8 Å². The zero-order valence-corrected chi connectivity index (χ0v) is 13.7. The minimum atomic E-state index is -0.659. The third kappa shape index (κ3) is 4.53. The summed E-state index contributed by atoms with van der Waals surface area (Å²) in [7, 11) is 0. The maximum atomic E-state index is 12.3. The van der Waals surface area contributed by atoms with E-state index < -0.39 is 5.60 Å². The third-order valence-electron chi connectivity index (χ3n) is 3.70. The van der Waals surface area contributed by atoms with Crippen molar-refractivity contribution in [1.29, 1.82) is 0 Å². The molecule has 1 aromatic heterocycles. The molecule has 1 atom stereocenters. The minimum absolute atomic E-state index is 0.0901. The number of nitrogens with zero attached hydrogens (tertiary/aromatic N) is 1. The molecule has 5 heteroatoms. The highest BCUT2D eigenvalue weighted by Crippen LogP contribution is 2.22. The van der Waals surface area contributed by atoms with Crippen molar-refractivity contribution in [3.8, 4) is 5.75 Å². The molecule has 0 aliphatic heterocycles. The van der Waals surface area contributed by atoms with Crippen LogP contribution in [-0.4, -0.2) is 28.2 Å². The number of benzene rings is 1. The molecule has 1 heterocycles. The van der Waals surface area contributed by atoms with E-state index in [1.807, 2.05) is 26.8 Å². The summed E-state index contributed by atoms with van der Waals surface area (Å²) in [4.78, 5) is 16.5. The summed E-state index contributed by atoms with van der Waals surface area (Å²) in [5.74, 6) is 0.794. The van der Waals surface area contributed by atoms with Gasteiger partial charge in [-0.3, -0.25) is 4.79 Å². The van der Waals surface area contributed by atoms with Crippen LogP contribution in [0.2, 0.25) is 0 Å². The molecule has 122 valence electrons. The molecule has 0 fully saturated rings. The zero-order chi connectivity index (χ0) is 16.9. The number of aliphatic hydroxyl groups excluding tert-OH is 1. The van der Waals surface area contributed by atoms with E-state index in [1.165, 1.54) is 0 Å². The molecule has 0 bridgehead atoms. The quantitative estimate of drug-likeness (QED) is 0.859. The summed E-state index contributed by atoms with van der Waals surface area (Å²) in [6.45, 7) is 5.62. The number of carbonyl (C=O) groups is 1. The first-order valence-corrected chi connectivity index (χ1v) is 7.60. The second-order valence-corrected chi connectivity index (χ2v) is 5.77. The molecule has 2 rings (SSSR count). The van der Waals surface area contributed by atoms with Gasteiger partial charge in [0, 0.05) is 11.8 Å². The van der Waals surface area contributed by atoms with Crippen LogP contribution in [-0.2, 0) is 0 Å². The number of aromatic nitrogens is 1. The van der Waals surface area contributed by atoms with E-state index >= 15 is 0 Å². The molecule has 0 saturated heterocycles. The average molecular weight is 314 g/mol. The number of anilines is 1. The molecule has 2 N–H and O–H groups in total. The first-order chi connectivity index (χ1) is 11.0. The van der Waals surface area contributed by atoms with E-state index in [0.717, 1.165) is 5.56 Å². The zero-order valence-electron chi connectivity index (χ0n) is 13.7. The third-order valence-corrected chi connectivity index (χ3v) is 3.70. The number of nitrogens with one attached hydrogen (secondary N) is 1. The van der Waals surface area contributed by atoms with E-state index in [-0.39, 0.29) is 12.5 Å². The molecular formula is C18H22N2O3. The lowest BCUT2D eigenvalue weighted by atomic mass is 10.0. The highest BCUT2D eigenvalue weighted by Gasteiger charge is 2.23. The second kappa shape index (κ2) is 7.24. The molecule has 0 saturated carbocycles. The summed E-state index contributed by atoms with van der Waals surface area (Å²) >= 11 is 0. The van der Waals surface area contributed by atoms with Crippen molar-refractivity contribution in [2.75, 3.05) is 11.9 Å². The molecule has 0 spiro atoms. The van der Waals surface area contributed by atoms with Crippen LogP contribution in [0.1, 0.15) is 36.2 Å². The highest BCUT2D eigenvalue weighted by atomic mass is 16.5.